The van der Waals surface area contributed by atoms with E-state index in [4.69, 9.17) is 5.11 Å². The van der Waals surface area contributed by atoms with E-state index in [1.54, 1.807) is 0 Å². The molecule has 0 aromatic heterocycles. The molecule has 1 rings (SSSR count). The second kappa shape index (κ2) is 4.55. The summed E-state index contributed by atoms with van der Waals surface area (Å²) in [5.41, 5.74) is -0.339. The van der Waals surface area contributed by atoms with Crippen LogP contribution in [0.1, 0.15) is 5.56 Å². The van der Waals surface area contributed by atoms with E-state index in [-0.39, 0.29) is 35.1 Å². The molecule has 0 aliphatic heterocycles. The molecule has 0 unspecified atom stereocenters. The first-order valence-electron chi connectivity index (χ1n) is 3.16. The number of aryl methyl sites for hydroxylation is 1. The van der Waals surface area contributed by atoms with Crippen molar-refractivity contribution in [2.24, 2.45) is 0 Å². The number of phenols is 1. The molecule has 0 bridgehead atoms. The number of hydrogen-bond acceptors (Lipinski definition) is 3. The van der Waals surface area contributed by atoms with Gasteiger partial charge in [-0.3, -0.25) is 10.1 Å². The van der Waals surface area contributed by atoms with E-state index in [9.17, 15) is 14.5 Å². The molecule has 0 saturated heterocycles. The fourth-order valence-corrected chi connectivity index (χ4v) is 0.802. The minimum atomic E-state index is -0.762. The van der Waals surface area contributed by atoms with Crippen LogP contribution in [0.3, 0.4) is 0 Å². The number of rotatable bonds is 1. The zero-order valence-electron chi connectivity index (χ0n) is 7.24. The van der Waals surface area contributed by atoms with Gasteiger partial charge >= 0.3 is 5.69 Å². The first kappa shape index (κ1) is 12.3. The minimum Gasteiger partial charge on any atom is -0.502 e. The molecule has 0 fully saturated rings. The number of benzene rings is 1. The molecule has 13 heavy (non-hydrogen) atoms. The maximum Gasteiger partial charge on any atom is 0.311 e. The van der Waals surface area contributed by atoms with Crippen LogP contribution in [0.4, 0.5) is 10.1 Å². The molecule has 6 heteroatoms. The van der Waals surface area contributed by atoms with Crippen molar-refractivity contribution in [2.45, 2.75) is 6.92 Å². The van der Waals surface area contributed by atoms with Crippen LogP contribution in [0.5, 0.6) is 5.75 Å². The van der Waals surface area contributed by atoms with Crippen LogP contribution in [0, 0.1) is 22.9 Å². The molecule has 4 nitrogen and oxygen atoms in total. The Kier molecular flexibility index (Phi) is 4.32. The van der Waals surface area contributed by atoms with Gasteiger partial charge in [-0.25, -0.2) is 4.39 Å². The average molecular weight is 194 g/mol. The third-order valence-electron chi connectivity index (χ3n) is 1.45. The molecular weight excluding hydrogens is 188 g/mol. The zero-order chi connectivity index (χ0) is 9.30. The Balaban J connectivity index is 0.00000144. The monoisotopic (exact) mass is 194 g/mol. The Hall–Kier alpha value is -0.650. The molecule has 1 N–H and O–H groups in total. The summed E-state index contributed by atoms with van der Waals surface area (Å²) in [6.07, 6.45) is 0. The summed E-state index contributed by atoms with van der Waals surface area (Å²) in [5.74, 6) is -1.30. The summed E-state index contributed by atoms with van der Waals surface area (Å²) < 4.78 is 12.6. The summed E-state index contributed by atoms with van der Waals surface area (Å²) >= 11 is 0. The molecule has 0 atom stereocenters. The summed E-state index contributed by atoms with van der Waals surface area (Å²) in [5, 5.41) is 19.1. The van der Waals surface area contributed by atoms with Crippen LogP contribution in [-0.4, -0.2) is 39.6 Å². The molecule has 0 amide bonds. The van der Waals surface area contributed by atoms with Crippen molar-refractivity contribution in [3.8, 4) is 5.75 Å². The van der Waals surface area contributed by atoms with Gasteiger partial charge in [0.05, 0.1) is 4.92 Å². The number of hydrogen-bond donors (Lipinski definition) is 1. The largest absolute Gasteiger partial charge is 0.502 e. The zero-order valence-corrected chi connectivity index (χ0v) is 9.24. The van der Waals surface area contributed by atoms with Gasteiger partial charge in [-0.2, -0.15) is 0 Å². The predicted octanol–water partition coefficient (Wildman–Crippen LogP) is 1.37. The molecule has 1 radical (unpaired) electrons. The van der Waals surface area contributed by atoms with Crippen molar-refractivity contribution in [1.29, 1.82) is 0 Å². The number of halogens is 1. The average Bonchev–Trinajstić information content (AvgIpc) is 1.96. The molecule has 1 aromatic carbocycles. The van der Waals surface area contributed by atoms with E-state index in [1.165, 1.54) is 6.92 Å². The SMILES string of the molecule is Cc1cc([N+](=O)[O-])c(O)cc1F.[Na]. The minimum absolute atomic E-state index is 0. The fraction of sp³-hybridized carbons (Fsp3) is 0.143. The van der Waals surface area contributed by atoms with Crippen LogP contribution >= 0.6 is 0 Å². The molecular formula is C7H6FNNaO3. The Morgan fingerprint density at radius 3 is 2.54 bits per heavy atom. The van der Waals surface area contributed by atoms with E-state index in [1.807, 2.05) is 0 Å². The smallest absolute Gasteiger partial charge is 0.311 e. The van der Waals surface area contributed by atoms with Gasteiger partial charge in [-0.15, -0.1) is 0 Å². The van der Waals surface area contributed by atoms with Crippen LogP contribution in [-0.2, 0) is 0 Å². The number of nitro benzene ring substituents is 1. The quantitative estimate of drug-likeness (QED) is 0.417. The van der Waals surface area contributed by atoms with Gasteiger partial charge in [-0.1, -0.05) is 0 Å². The summed E-state index contributed by atoms with van der Waals surface area (Å²) in [6.45, 7) is 1.39. The first-order valence-corrected chi connectivity index (χ1v) is 3.16. The molecule has 0 spiro atoms. The predicted molar refractivity (Wildman–Crippen MR) is 45.2 cm³/mol. The van der Waals surface area contributed by atoms with Crippen molar-refractivity contribution < 1.29 is 14.4 Å². The van der Waals surface area contributed by atoms with Gasteiger partial charge < -0.3 is 5.11 Å². The first-order chi connectivity index (χ1) is 5.52. The second-order valence-electron chi connectivity index (χ2n) is 2.35. The van der Waals surface area contributed by atoms with Crippen LogP contribution in [0.2, 0.25) is 0 Å². The summed E-state index contributed by atoms with van der Waals surface area (Å²) in [4.78, 5) is 9.45. The van der Waals surface area contributed by atoms with Gasteiger partial charge in [-0.05, 0) is 12.5 Å². The topological polar surface area (TPSA) is 63.4 Å². The van der Waals surface area contributed by atoms with Crippen LogP contribution in [0.25, 0.3) is 0 Å². The van der Waals surface area contributed by atoms with Crippen LogP contribution in [0.15, 0.2) is 12.1 Å². The Labute approximate surface area is 95.8 Å². The third-order valence-corrected chi connectivity index (χ3v) is 1.45. The van der Waals surface area contributed by atoms with E-state index in [0.29, 0.717) is 0 Å². The van der Waals surface area contributed by atoms with Crippen molar-refractivity contribution in [1.82, 2.24) is 0 Å². The van der Waals surface area contributed by atoms with Crippen molar-refractivity contribution in [3.05, 3.63) is 33.6 Å². The third kappa shape index (κ3) is 2.65. The molecule has 0 aliphatic rings. The van der Waals surface area contributed by atoms with E-state index in [2.05, 4.69) is 0 Å². The van der Waals surface area contributed by atoms with Crippen molar-refractivity contribution in [3.63, 3.8) is 0 Å². The molecule has 0 aliphatic carbocycles. The summed E-state index contributed by atoms with van der Waals surface area (Å²) in [7, 11) is 0. The normalized spacial score (nSPS) is 9.08. The fourth-order valence-electron chi connectivity index (χ4n) is 0.802. The van der Waals surface area contributed by atoms with Gasteiger partial charge in [0.25, 0.3) is 0 Å². The number of phenolic OH excluding ortho intramolecular Hbond substituents is 1. The van der Waals surface area contributed by atoms with E-state index in [0.717, 1.165) is 12.1 Å². The van der Waals surface area contributed by atoms with E-state index < -0.39 is 22.2 Å². The van der Waals surface area contributed by atoms with Gasteiger partial charge in [0.15, 0.2) is 5.75 Å². The maximum absolute atomic E-state index is 12.6. The Bertz CT molecular complexity index is 343. The number of nitrogens with zero attached hydrogens (tertiary/aromatic N) is 1. The Morgan fingerprint density at radius 1 is 1.54 bits per heavy atom. The Morgan fingerprint density at radius 2 is 2.08 bits per heavy atom. The number of aromatic hydroxyl groups is 1. The van der Waals surface area contributed by atoms with Gasteiger partial charge in [0, 0.05) is 41.7 Å². The van der Waals surface area contributed by atoms with Gasteiger partial charge in [0.1, 0.15) is 5.82 Å². The maximum atomic E-state index is 12.6. The van der Waals surface area contributed by atoms with E-state index >= 15 is 0 Å². The van der Waals surface area contributed by atoms with Gasteiger partial charge in [0.2, 0.25) is 0 Å². The molecule has 1 aromatic rings. The van der Waals surface area contributed by atoms with Crippen LogP contribution < -0.4 is 0 Å². The summed E-state index contributed by atoms with van der Waals surface area (Å²) in [6, 6.07) is 1.72. The standard InChI is InChI=1S/C7H6FNO3.Na/c1-4-2-6(9(11)12)7(10)3-5(4)8;/h2-3,10H,1H3;. The molecule has 65 valence electrons. The van der Waals surface area contributed by atoms with Crippen molar-refractivity contribution >= 4 is 35.2 Å². The second-order valence-corrected chi connectivity index (χ2v) is 2.35. The molecule has 0 heterocycles. The van der Waals surface area contributed by atoms with Crippen molar-refractivity contribution in [2.75, 3.05) is 0 Å². The number of nitro groups is 1. The molecule has 0 saturated carbocycles.